The molecular formula is C33H39N5O. The highest BCUT2D eigenvalue weighted by Gasteiger charge is 2.53. The molecule has 5 fully saturated rings. The van der Waals surface area contributed by atoms with Gasteiger partial charge in [-0.15, -0.1) is 0 Å². The van der Waals surface area contributed by atoms with Gasteiger partial charge in [0.15, 0.2) is 5.69 Å². The average molecular weight is 522 g/mol. The maximum absolute atomic E-state index is 13.8. The fourth-order valence-corrected chi connectivity index (χ4v) is 9.26. The average Bonchev–Trinajstić information content (AvgIpc) is 3.41. The van der Waals surface area contributed by atoms with Crippen molar-refractivity contribution in [1.29, 1.82) is 0 Å². The molecule has 1 aromatic heterocycles. The normalized spacial score (nSPS) is 33.5. The van der Waals surface area contributed by atoms with Gasteiger partial charge in [0.2, 0.25) is 0 Å². The van der Waals surface area contributed by atoms with E-state index < -0.39 is 0 Å². The Morgan fingerprint density at radius 2 is 1.36 bits per heavy atom. The van der Waals surface area contributed by atoms with E-state index in [2.05, 4.69) is 75.8 Å². The number of rotatable bonds is 4. The van der Waals surface area contributed by atoms with E-state index in [9.17, 15) is 4.79 Å². The van der Waals surface area contributed by atoms with Crippen molar-refractivity contribution >= 4 is 11.7 Å². The predicted molar refractivity (Wildman–Crippen MR) is 153 cm³/mol. The third-order valence-corrected chi connectivity index (χ3v) is 10.7. The Kier molecular flexibility index (Phi) is 5.62. The first-order chi connectivity index (χ1) is 19.1. The summed E-state index contributed by atoms with van der Waals surface area (Å²) in [7, 11) is 0. The Morgan fingerprint density at radius 3 is 1.97 bits per heavy atom. The van der Waals surface area contributed by atoms with E-state index in [4.69, 9.17) is 5.10 Å². The number of carbonyl (C=O) groups is 1. The molecule has 0 unspecified atom stereocenters. The van der Waals surface area contributed by atoms with Crippen molar-refractivity contribution in [3.63, 3.8) is 0 Å². The fraction of sp³-hybridized carbons (Fsp3) is 0.515. The molecule has 6 aliphatic rings. The van der Waals surface area contributed by atoms with Gasteiger partial charge in [-0.1, -0.05) is 60.7 Å². The molecule has 1 saturated heterocycles. The van der Waals surface area contributed by atoms with Gasteiger partial charge in [-0.25, -0.2) is 4.68 Å². The van der Waals surface area contributed by atoms with E-state index in [1.165, 1.54) is 49.7 Å². The first-order valence-electron chi connectivity index (χ1n) is 15.1. The van der Waals surface area contributed by atoms with E-state index >= 15 is 0 Å². The molecule has 9 rings (SSSR count). The molecule has 4 bridgehead atoms. The first-order valence-corrected chi connectivity index (χ1v) is 15.1. The number of anilines is 1. The van der Waals surface area contributed by atoms with Crippen molar-refractivity contribution in [1.82, 2.24) is 19.6 Å². The second-order valence-electron chi connectivity index (χ2n) is 13.1. The second-order valence-corrected chi connectivity index (χ2v) is 13.1. The Bertz CT molecular complexity index is 1310. The highest BCUT2D eigenvalue weighted by Crippen LogP contribution is 2.57. The quantitative estimate of drug-likeness (QED) is 0.475. The van der Waals surface area contributed by atoms with Crippen LogP contribution in [0.2, 0.25) is 0 Å². The van der Waals surface area contributed by atoms with Gasteiger partial charge in [-0.2, -0.15) is 5.10 Å². The maximum atomic E-state index is 13.8. The standard InChI is InChI=1S/C33H39N5O/c39-32(36-11-13-37(14-12-36)33-20-23-15-24(21-33)17-25(16-23)22-33)29-19-31-34-28(26-7-3-1-4-8-26)18-30(38(31)35-29)27-9-5-2-6-10-27/h1-10,19,23-25,28,30,34H,11-18,20-22H2/t23?,24?,25?,28-,30+,33?/m0/s1. The summed E-state index contributed by atoms with van der Waals surface area (Å²) in [5.74, 6) is 3.87. The van der Waals surface area contributed by atoms with Crippen LogP contribution >= 0.6 is 0 Å². The minimum absolute atomic E-state index is 0.0759. The maximum Gasteiger partial charge on any atom is 0.274 e. The summed E-state index contributed by atoms with van der Waals surface area (Å²) in [4.78, 5) is 18.6. The highest BCUT2D eigenvalue weighted by atomic mass is 16.2. The van der Waals surface area contributed by atoms with Crippen molar-refractivity contribution < 1.29 is 4.79 Å². The lowest BCUT2D eigenvalue weighted by Crippen LogP contribution is -2.64. The van der Waals surface area contributed by atoms with Crippen LogP contribution < -0.4 is 5.32 Å². The van der Waals surface area contributed by atoms with Crippen molar-refractivity contribution in [3.8, 4) is 0 Å². The van der Waals surface area contributed by atoms with Crippen LogP contribution in [0.1, 0.15) is 78.6 Å². The summed E-state index contributed by atoms with van der Waals surface area (Å²) in [6, 6.07) is 23.4. The molecule has 1 amide bonds. The number of nitrogens with one attached hydrogen (secondary N) is 1. The molecule has 4 aliphatic carbocycles. The summed E-state index contributed by atoms with van der Waals surface area (Å²) < 4.78 is 2.05. The molecule has 4 saturated carbocycles. The monoisotopic (exact) mass is 521 g/mol. The fourth-order valence-electron chi connectivity index (χ4n) is 9.26. The molecule has 39 heavy (non-hydrogen) atoms. The first kappa shape index (κ1) is 23.7. The Hall–Kier alpha value is -3.12. The number of amides is 1. The summed E-state index contributed by atoms with van der Waals surface area (Å²) in [5.41, 5.74) is 3.49. The zero-order valence-corrected chi connectivity index (χ0v) is 22.7. The van der Waals surface area contributed by atoms with Crippen LogP contribution in [0.25, 0.3) is 0 Å². The molecule has 2 atom stereocenters. The van der Waals surface area contributed by atoms with Gasteiger partial charge < -0.3 is 10.2 Å². The zero-order valence-electron chi connectivity index (χ0n) is 22.7. The minimum Gasteiger partial charge on any atom is -0.363 e. The van der Waals surface area contributed by atoms with Crippen molar-refractivity contribution in [2.24, 2.45) is 17.8 Å². The van der Waals surface area contributed by atoms with Gasteiger partial charge in [-0.3, -0.25) is 9.69 Å². The van der Waals surface area contributed by atoms with Crippen LogP contribution in [0.3, 0.4) is 0 Å². The van der Waals surface area contributed by atoms with Gasteiger partial charge in [-0.05, 0) is 73.8 Å². The van der Waals surface area contributed by atoms with E-state index in [1.54, 1.807) is 0 Å². The summed E-state index contributed by atoms with van der Waals surface area (Å²) in [6.45, 7) is 3.63. The molecule has 3 heterocycles. The zero-order chi connectivity index (χ0) is 26.0. The van der Waals surface area contributed by atoms with Gasteiger partial charge in [0.05, 0.1) is 12.1 Å². The summed E-state index contributed by atoms with van der Waals surface area (Å²) in [5, 5.41) is 8.63. The third-order valence-electron chi connectivity index (χ3n) is 10.7. The Morgan fingerprint density at radius 1 is 0.769 bits per heavy atom. The van der Waals surface area contributed by atoms with Crippen molar-refractivity contribution in [2.45, 2.75) is 62.6 Å². The van der Waals surface area contributed by atoms with Crippen LogP contribution in [-0.4, -0.2) is 57.2 Å². The van der Waals surface area contributed by atoms with Gasteiger partial charge in [0.25, 0.3) is 5.91 Å². The number of benzene rings is 2. The molecule has 6 heteroatoms. The SMILES string of the molecule is O=C(c1cc2n(n1)[C@@H](c1ccccc1)C[C@@H](c1ccccc1)N2)N1CCN(C23CC4CC(CC(C4)C2)C3)CC1. The summed E-state index contributed by atoms with van der Waals surface area (Å²) in [6.07, 6.45) is 9.52. The van der Waals surface area contributed by atoms with Crippen LogP contribution in [0, 0.1) is 17.8 Å². The smallest absolute Gasteiger partial charge is 0.274 e. The van der Waals surface area contributed by atoms with Crippen LogP contribution in [0.4, 0.5) is 5.82 Å². The van der Waals surface area contributed by atoms with Crippen LogP contribution in [-0.2, 0) is 0 Å². The molecule has 2 aromatic carbocycles. The van der Waals surface area contributed by atoms with Gasteiger partial charge in [0, 0.05) is 37.8 Å². The molecule has 3 aromatic rings. The van der Waals surface area contributed by atoms with Gasteiger partial charge in [0.1, 0.15) is 5.82 Å². The topological polar surface area (TPSA) is 53.4 Å². The summed E-state index contributed by atoms with van der Waals surface area (Å²) >= 11 is 0. The van der Waals surface area contributed by atoms with E-state index in [0.29, 0.717) is 11.2 Å². The lowest BCUT2D eigenvalue weighted by Gasteiger charge is -2.61. The molecule has 1 N–H and O–H groups in total. The molecule has 6 nitrogen and oxygen atoms in total. The van der Waals surface area contributed by atoms with Crippen LogP contribution in [0.5, 0.6) is 0 Å². The Labute approximate surface area is 231 Å². The molecule has 202 valence electrons. The number of carbonyl (C=O) groups excluding carboxylic acids is 1. The molecule has 0 spiro atoms. The molecule has 0 radical (unpaired) electrons. The Balaban J connectivity index is 1.02. The number of piperazine rings is 1. The van der Waals surface area contributed by atoms with Gasteiger partial charge >= 0.3 is 0 Å². The van der Waals surface area contributed by atoms with E-state index in [0.717, 1.165) is 56.2 Å². The lowest BCUT2D eigenvalue weighted by molar-refractivity contribution is -0.0987. The van der Waals surface area contributed by atoms with E-state index in [-0.39, 0.29) is 18.0 Å². The largest absolute Gasteiger partial charge is 0.363 e. The lowest BCUT2D eigenvalue weighted by atomic mass is 9.52. The highest BCUT2D eigenvalue weighted by molar-refractivity contribution is 5.93. The molecule has 2 aliphatic heterocycles. The number of hydrogen-bond donors (Lipinski definition) is 1. The number of hydrogen-bond acceptors (Lipinski definition) is 4. The van der Waals surface area contributed by atoms with Crippen molar-refractivity contribution in [3.05, 3.63) is 83.6 Å². The molecular weight excluding hydrogens is 482 g/mol. The second kappa shape index (κ2) is 9.22. The number of fused-ring (bicyclic) bond motifs is 1. The van der Waals surface area contributed by atoms with E-state index in [1.807, 2.05) is 10.7 Å². The predicted octanol–water partition coefficient (Wildman–Crippen LogP) is 5.76. The third kappa shape index (κ3) is 4.10. The van der Waals surface area contributed by atoms with Crippen molar-refractivity contribution in [2.75, 3.05) is 31.5 Å². The minimum atomic E-state index is 0.0759. The number of nitrogens with zero attached hydrogens (tertiary/aromatic N) is 4. The van der Waals surface area contributed by atoms with Crippen LogP contribution in [0.15, 0.2) is 66.7 Å². The number of aromatic nitrogens is 2.